The number of carbonyl (C=O) groups excluding carboxylic acids is 1. The number of halogens is 1. The maximum Gasteiger partial charge on any atom is 0.308 e. The minimum Gasteiger partial charge on any atom is -0.476 e. The Labute approximate surface area is 216 Å². The van der Waals surface area contributed by atoms with Gasteiger partial charge in [0.05, 0.1) is 27.3 Å². The summed E-state index contributed by atoms with van der Waals surface area (Å²) in [7, 11) is -3.99. The lowest BCUT2D eigenvalue weighted by atomic mass is 10.2. The fraction of sp³-hybridized carbons (Fsp3) is 0.200. The van der Waals surface area contributed by atoms with Crippen LogP contribution in [0.15, 0.2) is 76.4 Å². The first-order valence-electron chi connectivity index (χ1n) is 11.1. The first-order valence-corrected chi connectivity index (χ1v) is 13.8. The number of hydrogen-bond donors (Lipinski definition) is 1. The Morgan fingerprint density at radius 2 is 1.83 bits per heavy atom. The molecule has 3 aromatic carbocycles. The van der Waals surface area contributed by atoms with Gasteiger partial charge in [0.2, 0.25) is 0 Å². The van der Waals surface area contributed by atoms with E-state index in [0.717, 1.165) is 21.6 Å². The number of thiazole rings is 1. The molecule has 1 aliphatic heterocycles. The summed E-state index contributed by atoms with van der Waals surface area (Å²) in [6, 6.07) is 17.8. The van der Waals surface area contributed by atoms with Crippen LogP contribution in [0.25, 0.3) is 10.2 Å². The van der Waals surface area contributed by atoms with Crippen LogP contribution in [0.3, 0.4) is 0 Å². The van der Waals surface area contributed by atoms with Gasteiger partial charge in [-0.05, 0) is 68.4 Å². The first-order chi connectivity index (χ1) is 17.1. The molecule has 2 heterocycles. The highest BCUT2D eigenvalue weighted by Crippen LogP contribution is 2.37. The number of rotatable bonds is 5. The number of nitrogens with one attached hydrogen (secondary N) is 1. The molecule has 0 fully saturated rings. The van der Waals surface area contributed by atoms with E-state index in [1.54, 1.807) is 47.0 Å². The molecule has 0 saturated heterocycles. The SMILES string of the molecule is CC(C)n1c(=O)sc2cc(NC(=O)[C@H]3CN(S(=O)(=O)c4ccc(Cl)cc4)c4ccccc4O3)ccc21. The van der Waals surface area contributed by atoms with Crippen molar-refractivity contribution in [3.63, 3.8) is 0 Å². The summed E-state index contributed by atoms with van der Waals surface area (Å²) < 4.78 is 36.5. The van der Waals surface area contributed by atoms with Crippen molar-refractivity contribution in [2.24, 2.45) is 0 Å². The molecule has 11 heteroatoms. The molecular formula is C25H22ClN3O5S2. The number of hydrogen-bond acceptors (Lipinski definition) is 6. The Morgan fingerprint density at radius 1 is 1.11 bits per heavy atom. The van der Waals surface area contributed by atoms with Gasteiger partial charge in [-0.15, -0.1) is 0 Å². The van der Waals surface area contributed by atoms with Gasteiger partial charge in [-0.3, -0.25) is 18.5 Å². The quantitative estimate of drug-likeness (QED) is 0.386. The highest BCUT2D eigenvalue weighted by Gasteiger charge is 2.37. The molecular weight excluding hydrogens is 522 g/mol. The van der Waals surface area contributed by atoms with E-state index in [1.165, 1.54) is 28.6 Å². The van der Waals surface area contributed by atoms with Crippen LogP contribution in [-0.4, -0.2) is 31.5 Å². The van der Waals surface area contributed by atoms with Crippen molar-refractivity contribution in [1.82, 2.24) is 4.57 Å². The standard InChI is InChI=1S/C25H22ClN3O5S2/c1-15(2)29-20-12-9-17(13-23(20)35-25(29)31)27-24(30)22-14-28(19-5-3-4-6-21(19)34-22)36(32,33)18-10-7-16(26)8-11-18/h3-13,15,22H,14H2,1-2H3,(H,27,30)/t22-/m1/s1. The van der Waals surface area contributed by atoms with Gasteiger partial charge in [-0.2, -0.15) is 0 Å². The maximum absolute atomic E-state index is 13.5. The number of carbonyl (C=O) groups is 1. The zero-order valence-electron chi connectivity index (χ0n) is 19.3. The lowest BCUT2D eigenvalue weighted by Crippen LogP contribution is -2.48. The average molecular weight is 544 g/mol. The molecule has 0 aliphatic carbocycles. The summed E-state index contributed by atoms with van der Waals surface area (Å²) in [4.78, 5) is 25.5. The minimum absolute atomic E-state index is 0.0102. The Hall–Kier alpha value is -3.34. The molecule has 186 valence electrons. The molecule has 0 unspecified atom stereocenters. The fourth-order valence-electron chi connectivity index (χ4n) is 4.13. The minimum atomic E-state index is -3.99. The second-order valence-corrected chi connectivity index (χ2v) is 11.9. The predicted octanol–water partition coefficient (Wildman–Crippen LogP) is 4.89. The average Bonchev–Trinajstić information content (AvgIpc) is 3.18. The Bertz CT molecular complexity index is 1630. The third-order valence-electron chi connectivity index (χ3n) is 5.83. The molecule has 1 N–H and O–H groups in total. The Morgan fingerprint density at radius 3 is 2.56 bits per heavy atom. The molecule has 1 aromatic heterocycles. The highest BCUT2D eigenvalue weighted by atomic mass is 35.5. The Kier molecular flexibility index (Phi) is 6.27. The first kappa shape index (κ1) is 24.4. The summed E-state index contributed by atoms with van der Waals surface area (Å²) >= 11 is 7.04. The van der Waals surface area contributed by atoms with E-state index in [9.17, 15) is 18.0 Å². The fourth-order valence-corrected chi connectivity index (χ4v) is 6.78. The van der Waals surface area contributed by atoms with E-state index in [-0.39, 0.29) is 28.1 Å². The number of fused-ring (bicyclic) bond motifs is 2. The van der Waals surface area contributed by atoms with Gasteiger partial charge >= 0.3 is 4.87 Å². The van der Waals surface area contributed by atoms with Crippen molar-refractivity contribution in [3.05, 3.63) is 81.4 Å². The smallest absolute Gasteiger partial charge is 0.308 e. The van der Waals surface area contributed by atoms with Gasteiger partial charge in [-0.1, -0.05) is 35.1 Å². The molecule has 4 aromatic rings. The van der Waals surface area contributed by atoms with Crippen molar-refractivity contribution in [3.8, 4) is 5.75 Å². The second kappa shape index (κ2) is 9.27. The zero-order valence-corrected chi connectivity index (χ0v) is 21.7. The lowest BCUT2D eigenvalue weighted by molar-refractivity contribution is -0.122. The van der Waals surface area contributed by atoms with Crippen LogP contribution in [0.2, 0.25) is 5.02 Å². The van der Waals surface area contributed by atoms with Gasteiger partial charge in [-0.25, -0.2) is 8.42 Å². The number of nitrogens with zero attached hydrogens (tertiary/aromatic N) is 2. The molecule has 0 spiro atoms. The van der Waals surface area contributed by atoms with Crippen molar-refractivity contribution < 1.29 is 17.9 Å². The summed E-state index contributed by atoms with van der Waals surface area (Å²) in [5, 5.41) is 3.22. The molecule has 36 heavy (non-hydrogen) atoms. The molecule has 0 radical (unpaired) electrons. The van der Waals surface area contributed by atoms with Crippen LogP contribution in [0.4, 0.5) is 11.4 Å². The number of aromatic nitrogens is 1. The van der Waals surface area contributed by atoms with E-state index >= 15 is 0 Å². The van der Waals surface area contributed by atoms with Gasteiger partial charge in [0.1, 0.15) is 5.75 Å². The third kappa shape index (κ3) is 4.36. The maximum atomic E-state index is 13.5. The number of amides is 1. The normalized spacial score (nSPS) is 15.6. The van der Waals surface area contributed by atoms with Crippen LogP contribution in [0.5, 0.6) is 5.75 Å². The van der Waals surface area contributed by atoms with Crippen molar-refractivity contribution in [1.29, 1.82) is 0 Å². The zero-order chi connectivity index (χ0) is 25.6. The van der Waals surface area contributed by atoms with E-state index in [0.29, 0.717) is 16.4 Å². The van der Waals surface area contributed by atoms with Crippen LogP contribution in [-0.2, 0) is 14.8 Å². The van der Waals surface area contributed by atoms with Crippen LogP contribution in [0, 0.1) is 0 Å². The van der Waals surface area contributed by atoms with Crippen molar-refractivity contribution >= 4 is 60.5 Å². The topological polar surface area (TPSA) is 97.7 Å². The largest absolute Gasteiger partial charge is 0.476 e. The molecule has 0 bridgehead atoms. The second-order valence-electron chi connectivity index (χ2n) is 8.57. The number of sulfonamides is 1. The number of ether oxygens (including phenoxy) is 1. The molecule has 8 nitrogen and oxygen atoms in total. The Balaban J connectivity index is 1.44. The van der Waals surface area contributed by atoms with Gasteiger partial charge in [0.15, 0.2) is 6.10 Å². The molecule has 1 amide bonds. The van der Waals surface area contributed by atoms with Crippen LogP contribution < -0.4 is 19.2 Å². The molecule has 1 atom stereocenters. The molecule has 5 rings (SSSR count). The number of para-hydroxylation sites is 2. The van der Waals surface area contributed by atoms with E-state index in [2.05, 4.69) is 5.32 Å². The van der Waals surface area contributed by atoms with E-state index < -0.39 is 22.0 Å². The monoisotopic (exact) mass is 543 g/mol. The van der Waals surface area contributed by atoms with Crippen molar-refractivity contribution in [2.75, 3.05) is 16.2 Å². The summed E-state index contributed by atoms with van der Waals surface area (Å²) in [6.45, 7) is 3.66. The molecule has 1 aliphatic rings. The number of anilines is 2. The highest BCUT2D eigenvalue weighted by molar-refractivity contribution is 7.92. The third-order valence-corrected chi connectivity index (χ3v) is 8.79. The van der Waals surface area contributed by atoms with Gasteiger partial charge < -0.3 is 10.1 Å². The van der Waals surface area contributed by atoms with Gasteiger partial charge in [0.25, 0.3) is 15.9 Å². The van der Waals surface area contributed by atoms with Crippen LogP contribution >= 0.6 is 22.9 Å². The summed E-state index contributed by atoms with van der Waals surface area (Å²) in [6.07, 6.45) is -1.10. The lowest BCUT2D eigenvalue weighted by Gasteiger charge is -2.34. The van der Waals surface area contributed by atoms with Gasteiger partial charge in [0, 0.05) is 16.8 Å². The summed E-state index contributed by atoms with van der Waals surface area (Å²) in [5.74, 6) is -0.222. The van der Waals surface area contributed by atoms with E-state index in [4.69, 9.17) is 16.3 Å². The van der Waals surface area contributed by atoms with Crippen LogP contribution in [0.1, 0.15) is 19.9 Å². The van der Waals surface area contributed by atoms with E-state index in [1.807, 2.05) is 13.8 Å². The predicted molar refractivity (Wildman–Crippen MR) is 142 cm³/mol. The van der Waals surface area contributed by atoms with Crippen molar-refractivity contribution in [2.45, 2.75) is 30.9 Å². The summed E-state index contributed by atoms with van der Waals surface area (Å²) in [5.41, 5.74) is 1.62. The number of benzene rings is 3. The molecule has 0 saturated carbocycles.